The number of hydrogen-bond acceptors (Lipinski definition) is 2. The lowest BCUT2D eigenvalue weighted by Gasteiger charge is -2.21. The standard InChI is InChI=1S/C13H17N3/c1-2-3-11-16(13-14-9-10-15-13)12-7-5-4-6-8-12/h4-10H,2-3,11H2,1H3,(H,14,15). The fourth-order valence-corrected chi connectivity index (χ4v) is 1.69. The van der Waals surface area contributed by atoms with Crippen LogP contribution in [-0.2, 0) is 0 Å². The first-order chi connectivity index (χ1) is 7.92. The zero-order valence-electron chi connectivity index (χ0n) is 9.56. The van der Waals surface area contributed by atoms with Crippen LogP contribution in [0.15, 0.2) is 42.7 Å². The van der Waals surface area contributed by atoms with Crippen molar-refractivity contribution >= 4 is 11.6 Å². The van der Waals surface area contributed by atoms with E-state index in [1.54, 1.807) is 6.20 Å². The Morgan fingerprint density at radius 1 is 1.25 bits per heavy atom. The number of aromatic nitrogens is 2. The average Bonchev–Trinajstić information content (AvgIpc) is 2.85. The molecule has 1 N–H and O–H groups in total. The molecule has 0 bridgehead atoms. The fraction of sp³-hybridized carbons (Fsp3) is 0.308. The van der Waals surface area contributed by atoms with E-state index in [0.717, 1.165) is 18.9 Å². The minimum Gasteiger partial charge on any atom is -0.331 e. The highest BCUT2D eigenvalue weighted by atomic mass is 15.3. The molecular formula is C13H17N3. The molecule has 0 aliphatic rings. The Bertz CT molecular complexity index is 394. The molecule has 0 fully saturated rings. The monoisotopic (exact) mass is 215 g/mol. The van der Waals surface area contributed by atoms with Crippen LogP contribution in [0.5, 0.6) is 0 Å². The number of imidazole rings is 1. The van der Waals surface area contributed by atoms with Crippen LogP contribution in [0.1, 0.15) is 19.8 Å². The number of rotatable bonds is 5. The molecule has 2 aromatic rings. The van der Waals surface area contributed by atoms with Crippen LogP contribution in [0.4, 0.5) is 11.6 Å². The minimum absolute atomic E-state index is 0.916. The Hall–Kier alpha value is -1.77. The normalized spacial score (nSPS) is 10.3. The first-order valence-corrected chi connectivity index (χ1v) is 5.74. The van der Waals surface area contributed by atoms with Crippen molar-refractivity contribution in [3.63, 3.8) is 0 Å². The van der Waals surface area contributed by atoms with Crippen LogP contribution in [0.25, 0.3) is 0 Å². The summed E-state index contributed by atoms with van der Waals surface area (Å²) in [6.45, 7) is 3.19. The molecule has 1 heterocycles. The predicted molar refractivity (Wildman–Crippen MR) is 66.9 cm³/mol. The van der Waals surface area contributed by atoms with Crippen molar-refractivity contribution in [1.29, 1.82) is 0 Å². The molecule has 0 aliphatic carbocycles. The number of nitrogens with zero attached hydrogens (tertiary/aromatic N) is 2. The molecule has 0 aliphatic heterocycles. The van der Waals surface area contributed by atoms with E-state index < -0.39 is 0 Å². The van der Waals surface area contributed by atoms with Crippen molar-refractivity contribution in [2.75, 3.05) is 11.4 Å². The van der Waals surface area contributed by atoms with Gasteiger partial charge in [0.25, 0.3) is 0 Å². The highest BCUT2D eigenvalue weighted by Gasteiger charge is 2.09. The van der Waals surface area contributed by atoms with E-state index in [2.05, 4.69) is 46.1 Å². The molecule has 16 heavy (non-hydrogen) atoms. The zero-order chi connectivity index (χ0) is 11.2. The Labute approximate surface area is 96.1 Å². The third-order valence-corrected chi connectivity index (χ3v) is 2.54. The van der Waals surface area contributed by atoms with E-state index in [1.807, 2.05) is 12.3 Å². The lowest BCUT2D eigenvalue weighted by atomic mass is 10.2. The third kappa shape index (κ3) is 2.42. The number of H-pyrrole nitrogens is 1. The van der Waals surface area contributed by atoms with E-state index in [4.69, 9.17) is 0 Å². The Balaban J connectivity index is 2.21. The second-order valence-electron chi connectivity index (χ2n) is 3.75. The van der Waals surface area contributed by atoms with Crippen molar-refractivity contribution in [3.05, 3.63) is 42.7 Å². The molecule has 1 aromatic heterocycles. The smallest absolute Gasteiger partial charge is 0.207 e. The maximum Gasteiger partial charge on any atom is 0.207 e. The van der Waals surface area contributed by atoms with E-state index in [1.165, 1.54) is 12.1 Å². The van der Waals surface area contributed by atoms with E-state index in [0.29, 0.717) is 0 Å². The van der Waals surface area contributed by atoms with Gasteiger partial charge in [-0.25, -0.2) is 4.98 Å². The molecule has 3 nitrogen and oxygen atoms in total. The third-order valence-electron chi connectivity index (χ3n) is 2.54. The second-order valence-corrected chi connectivity index (χ2v) is 3.75. The van der Waals surface area contributed by atoms with Gasteiger partial charge in [-0.05, 0) is 18.6 Å². The van der Waals surface area contributed by atoms with Crippen LogP contribution in [0, 0.1) is 0 Å². The molecule has 0 radical (unpaired) electrons. The molecule has 0 saturated heterocycles. The van der Waals surface area contributed by atoms with Gasteiger partial charge in [-0.15, -0.1) is 0 Å². The minimum atomic E-state index is 0.916. The Morgan fingerprint density at radius 3 is 2.69 bits per heavy atom. The first-order valence-electron chi connectivity index (χ1n) is 5.74. The van der Waals surface area contributed by atoms with Gasteiger partial charge in [0.05, 0.1) is 0 Å². The van der Waals surface area contributed by atoms with Crippen LogP contribution < -0.4 is 4.90 Å². The summed E-state index contributed by atoms with van der Waals surface area (Å²) < 4.78 is 0. The van der Waals surface area contributed by atoms with E-state index >= 15 is 0 Å². The number of nitrogens with one attached hydrogen (secondary N) is 1. The summed E-state index contributed by atoms with van der Waals surface area (Å²) in [5.74, 6) is 0.916. The van der Waals surface area contributed by atoms with Crippen LogP contribution in [0.2, 0.25) is 0 Å². The van der Waals surface area contributed by atoms with Crippen molar-refractivity contribution in [1.82, 2.24) is 9.97 Å². The molecule has 0 amide bonds. The van der Waals surface area contributed by atoms with Crippen LogP contribution in [0.3, 0.4) is 0 Å². The quantitative estimate of drug-likeness (QED) is 0.829. The number of para-hydroxylation sites is 1. The zero-order valence-corrected chi connectivity index (χ0v) is 9.56. The molecule has 84 valence electrons. The van der Waals surface area contributed by atoms with Gasteiger partial charge in [-0.2, -0.15) is 0 Å². The largest absolute Gasteiger partial charge is 0.331 e. The molecule has 1 aromatic carbocycles. The maximum absolute atomic E-state index is 4.32. The first kappa shape index (κ1) is 10.7. The topological polar surface area (TPSA) is 31.9 Å². The van der Waals surface area contributed by atoms with Gasteiger partial charge >= 0.3 is 0 Å². The highest BCUT2D eigenvalue weighted by Crippen LogP contribution is 2.21. The predicted octanol–water partition coefficient (Wildman–Crippen LogP) is 3.35. The molecule has 0 spiro atoms. The van der Waals surface area contributed by atoms with Crippen molar-refractivity contribution in [3.8, 4) is 0 Å². The number of hydrogen-bond donors (Lipinski definition) is 1. The van der Waals surface area contributed by atoms with E-state index in [9.17, 15) is 0 Å². The lowest BCUT2D eigenvalue weighted by molar-refractivity contribution is 0.775. The van der Waals surface area contributed by atoms with Crippen molar-refractivity contribution < 1.29 is 0 Å². The van der Waals surface area contributed by atoms with Gasteiger partial charge in [-0.1, -0.05) is 31.5 Å². The fourth-order valence-electron chi connectivity index (χ4n) is 1.69. The van der Waals surface area contributed by atoms with Gasteiger partial charge in [0, 0.05) is 24.6 Å². The summed E-state index contributed by atoms with van der Waals surface area (Å²) in [6, 6.07) is 10.4. The summed E-state index contributed by atoms with van der Waals surface area (Å²) in [4.78, 5) is 9.69. The number of aromatic amines is 1. The Morgan fingerprint density at radius 2 is 2.06 bits per heavy atom. The van der Waals surface area contributed by atoms with Gasteiger partial charge < -0.3 is 9.88 Å². The molecule has 3 heteroatoms. The van der Waals surface area contributed by atoms with Crippen molar-refractivity contribution in [2.24, 2.45) is 0 Å². The summed E-state index contributed by atoms with van der Waals surface area (Å²) in [6.07, 6.45) is 5.99. The number of benzene rings is 1. The SMILES string of the molecule is CCCCN(c1ccccc1)c1ncc[nH]1. The van der Waals surface area contributed by atoms with Gasteiger partial charge in [0.1, 0.15) is 0 Å². The molecular weight excluding hydrogens is 198 g/mol. The molecule has 0 atom stereocenters. The van der Waals surface area contributed by atoms with Crippen LogP contribution in [-0.4, -0.2) is 16.5 Å². The number of anilines is 2. The van der Waals surface area contributed by atoms with E-state index in [-0.39, 0.29) is 0 Å². The molecule has 0 saturated carbocycles. The lowest BCUT2D eigenvalue weighted by Crippen LogP contribution is -2.19. The second kappa shape index (κ2) is 5.35. The maximum atomic E-state index is 4.32. The summed E-state index contributed by atoms with van der Waals surface area (Å²) in [5, 5.41) is 0. The molecule has 2 rings (SSSR count). The summed E-state index contributed by atoms with van der Waals surface area (Å²) in [5.41, 5.74) is 1.19. The van der Waals surface area contributed by atoms with Gasteiger partial charge in [0.2, 0.25) is 5.95 Å². The summed E-state index contributed by atoms with van der Waals surface area (Å²) in [7, 11) is 0. The molecule has 0 unspecified atom stereocenters. The number of unbranched alkanes of at least 4 members (excludes halogenated alkanes) is 1. The Kier molecular flexibility index (Phi) is 3.59. The van der Waals surface area contributed by atoms with Crippen molar-refractivity contribution in [2.45, 2.75) is 19.8 Å². The van der Waals surface area contributed by atoms with Crippen LogP contribution >= 0.6 is 0 Å². The van der Waals surface area contributed by atoms with Gasteiger partial charge in [-0.3, -0.25) is 0 Å². The average molecular weight is 215 g/mol. The van der Waals surface area contributed by atoms with Gasteiger partial charge in [0.15, 0.2) is 0 Å². The summed E-state index contributed by atoms with van der Waals surface area (Å²) >= 11 is 0. The highest BCUT2D eigenvalue weighted by molar-refractivity contribution is 5.56.